The summed E-state index contributed by atoms with van der Waals surface area (Å²) >= 11 is 5.96. The van der Waals surface area contributed by atoms with Crippen LogP contribution in [0.2, 0.25) is 0 Å². The standard InChI is InChI=1S/C14H19ClO3/c1-4-7-18-14-9-11(5-6-13(14)17-3)8-12(15)10(2)16/h5-6,9,12H,4,7-8H2,1-3H3. The Morgan fingerprint density at radius 3 is 2.67 bits per heavy atom. The number of halogens is 1. The van der Waals surface area contributed by atoms with Gasteiger partial charge in [0, 0.05) is 0 Å². The van der Waals surface area contributed by atoms with Gasteiger partial charge in [-0.2, -0.15) is 0 Å². The molecule has 0 spiro atoms. The van der Waals surface area contributed by atoms with Crippen LogP contribution in [0.4, 0.5) is 0 Å². The van der Waals surface area contributed by atoms with Crippen molar-refractivity contribution >= 4 is 17.4 Å². The molecule has 0 heterocycles. The molecule has 0 bridgehead atoms. The van der Waals surface area contributed by atoms with Crippen LogP contribution in [-0.2, 0) is 11.2 Å². The fraction of sp³-hybridized carbons (Fsp3) is 0.500. The summed E-state index contributed by atoms with van der Waals surface area (Å²) in [5.41, 5.74) is 0.970. The van der Waals surface area contributed by atoms with Crippen molar-refractivity contribution in [2.75, 3.05) is 13.7 Å². The molecule has 0 aromatic heterocycles. The quantitative estimate of drug-likeness (QED) is 0.714. The topological polar surface area (TPSA) is 35.5 Å². The van der Waals surface area contributed by atoms with Gasteiger partial charge in [0.2, 0.25) is 0 Å². The van der Waals surface area contributed by atoms with Crippen molar-refractivity contribution in [1.29, 1.82) is 0 Å². The van der Waals surface area contributed by atoms with Gasteiger partial charge in [-0.25, -0.2) is 0 Å². The smallest absolute Gasteiger partial charge is 0.161 e. The highest BCUT2D eigenvalue weighted by molar-refractivity contribution is 6.30. The van der Waals surface area contributed by atoms with Crippen molar-refractivity contribution in [2.45, 2.75) is 32.1 Å². The molecule has 0 saturated heterocycles. The number of rotatable bonds is 7. The molecule has 0 saturated carbocycles. The number of alkyl halides is 1. The van der Waals surface area contributed by atoms with Crippen LogP contribution in [0.1, 0.15) is 25.8 Å². The van der Waals surface area contributed by atoms with Crippen molar-refractivity contribution < 1.29 is 14.3 Å². The Morgan fingerprint density at radius 2 is 2.11 bits per heavy atom. The summed E-state index contributed by atoms with van der Waals surface area (Å²) in [7, 11) is 1.60. The Hall–Kier alpha value is -1.22. The van der Waals surface area contributed by atoms with E-state index in [1.165, 1.54) is 6.92 Å². The van der Waals surface area contributed by atoms with Crippen LogP contribution < -0.4 is 9.47 Å². The fourth-order valence-electron chi connectivity index (χ4n) is 1.52. The van der Waals surface area contributed by atoms with Gasteiger partial charge in [-0.3, -0.25) is 4.79 Å². The van der Waals surface area contributed by atoms with Crippen molar-refractivity contribution in [1.82, 2.24) is 0 Å². The second-order valence-corrected chi connectivity index (χ2v) is 4.64. The molecule has 0 aliphatic rings. The first-order valence-corrected chi connectivity index (χ1v) is 6.46. The maximum absolute atomic E-state index is 11.1. The van der Waals surface area contributed by atoms with Crippen molar-refractivity contribution in [3.05, 3.63) is 23.8 Å². The lowest BCUT2D eigenvalue weighted by atomic mass is 10.1. The van der Waals surface area contributed by atoms with Gasteiger partial charge in [0.05, 0.1) is 19.1 Å². The molecule has 0 radical (unpaired) electrons. The molecule has 100 valence electrons. The molecule has 18 heavy (non-hydrogen) atoms. The highest BCUT2D eigenvalue weighted by Gasteiger charge is 2.13. The van der Waals surface area contributed by atoms with Crippen LogP contribution in [0.3, 0.4) is 0 Å². The van der Waals surface area contributed by atoms with E-state index in [1.807, 2.05) is 25.1 Å². The molecule has 1 aromatic carbocycles. The van der Waals surface area contributed by atoms with Gasteiger partial charge < -0.3 is 9.47 Å². The number of ketones is 1. The molecule has 0 fully saturated rings. The largest absolute Gasteiger partial charge is 0.493 e. The lowest BCUT2D eigenvalue weighted by Gasteiger charge is -2.12. The van der Waals surface area contributed by atoms with Crippen LogP contribution in [0.5, 0.6) is 11.5 Å². The molecular weight excluding hydrogens is 252 g/mol. The van der Waals surface area contributed by atoms with E-state index in [2.05, 4.69) is 0 Å². The highest BCUT2D eigenvalue weighted by atomic mass is 35.5. The third-order valence-corrected chi connectivity index (χ3v) is 3.01. The molecule has 4 heteroatoms. The number of hydrogen-bond donors (Lipinski definition) is 0. The highest BCUT2D eigenvalue weighted by Crippen LogP contribution is 2.29. The van der Waals surface area contributed by atoms with Gasteiger partial charge in [-0.1, -0.05) is 13.0 Å². The minimum absolute atomic E-state index is 0.0245. The minimum atomic E-state index is -0.488. The van der Waals surface area contributed by atoms with Gasteiger partial charge in [0.25, 0.3) is 0 Å². The minimum Gasteiger partial charge on any atom is -0.493 e. The number of carbonyl (C=O) groups is 1. The first kappa shape index (κ1) is 14.8. The van der Waals surface area contributed by atoms with E-state index in [1.54, 1.807) is 7.11 Å². The number of hydrogen-bond acceptors (Lipinski definition) is 3. The second-order valence-electron chi connectivity index (χ2n) is 4.12. The number of methoxy groups -OCH3 is 1. The third-order valence-electron chi connectivity index (χ3n) is 2.55. The van der Waals surface area contributed by atoms with E-state index in [4.69, 9.17) is 21.1 Å². The average Bonchev–Trinajstić information content (AvgIpc) is 2.36. The number of benzene rings is 1. The van der Waals surface area contributed by atoms with Gasteiger partial charge >= 0.3 is 0 Å². The molecule has 1 rings (SSSR count). The third kappa shape index (κ3) is 4.22. The summed E-state index contributed by atoms with van der Waals surface area (Å²) in [4.78, 5) is 11.1. The Morgan fingerprint density at radius 1 is 1.39 bits per heavy atom. The lowest BCUT2D eigenvalue weighted by molar-refractivity contribution is -0.116. The zero-order chi connectivity index (χ0) is 13.5. The van der Waals surface area contributed by atoms with Crippen molar-refractivity contribution in [3.63, 3.8) is 0 Å². The summed E-state index contributed by atoms with van der Waals surface area (Å²) in [6, 6.07) is 5.62. The van der Waals surface area contributed by atoms with E-state index < -0.39 is 5.38 Å². The fourth-order valence-corrected chi connectivity index (χ4v) is 1.70. The number of carbonyl (C=O) groups excluding carboxylic acids is 1. The van der Waals surface area contributed by atoms with E-state index >= 15 is 0 Å². The van der Waals surface area contributed by atoms with Crippen LogP contribution in [0.15, 0.2) is 18.2 Å². The number of ether oxygens (including phenoxy) is 2. The normalized spacial score (nSPS) is 12.0. The zero-order valence-corrected chi connectivity index (χ0v) is 11.8. The van der Waals surface area contributed by atoms with Gasteiger partial charge in [-0.05, 0) is 37.5 Å². The monoisotopic (exact) mass is 270 g/mol. The SMILES string of the molecule is CCCOc1cc(CC(Cl)C(C)=O)ccc1OC. The van der Waals surface area contributed by atoms with E-state index in [9.17, 15) is 4.79 Å². The van der Waals surface area contributed by atoms with Gasteiger partial charge in [0.1, 0.15) is 5.78 Å². The van der Waals surface area contributed by atoms with Crippen LogP contribution in [-0.4, -0.2) is 24.9 Å². The van der Waals surface area contributed by atoms with Crippen molar-refractivity contribution in [3.8, 4) is 11.5 Å². The van der Waals surface area contributed by atoms with Crippen LogP contribution >= 0.6 is 11.6 Å². The predicted molar refractivity (Wildman–Crippen MR) is 72.8 cm³/mol. The second kappa shape index (κ2) is 7.27. The zero-order valence-electron chi connectivity index (χ0n) is 11.0. The molecule has 1 aromatic rings. The predicted octanol–water partition coefficient (Wildman–Crippen LogP) is 3.22. The molecule has 0 N–H and O–H groups in total. The van der Waals surface area contributed by atoms with Crippen LogP contribution in [0, 0.1) is 0 Å². The molecule has 1 atom stereocenters. The Balaban J connectivity index is 2.84. The summed E-state index contributed by atoms with van der Waals surface area (Å²) in [5.74, 6) is 1.37. The Bertz CT molecular complexity index is 404. The molecule has 1 unspecified atom stereocenters. The average molecular weight is 271 g/mol. The first-order valence-electron chi connectivity index (χ1n) is 6.02. The summed E-state index contributed by atoms with van der Waals surface area (Å²) in [6.07, 6.45) is 1.43. The molecule has 0 amide bonds. The molecular formula is C14H19ClO3. The number of Topliss-reactive ketones (excluding diaryl/α,β-unsaturated/α-hetero) is 1. The van der Waals surface area contributed by atoms with E-state index in [0.29, 0.717) is 24.5 Å². The van der Waals surface area contributed by atoms with E-state index in [-0.39, 0.29) is 5.78 Å². The Kier molecular flexibility index (Phi) is 5.99. The maximum atomic E-state index is 11.1. The van der Waals surface area contributed by atoms with Crippen LogP contribution in [0.25, 0.3) is 0 Å². The first-order chi connectivity index (χ1) is 8.58. The molecule has 0 aliphatic carbocycles. The van der Waals surface area contributed by atoms with Crippen molar-refractivity contribution in [2.24, 2.45) is 0 Å². The lowest BCUT2D eigenvalue weighted by Crippen LogP contribution is -2.13. The summed E-state index contributed by atoms with van der Waals surface area (Å²) in [6.45, 7) is 4.17. The molecule has 0 aliphatic heterocycles. The van der Waals surface area contributed by atoms with Gasteiger partial charge in [0.15, 0.2) is 11.5 Å². The maximum Gasteiger partial charge on any atom is 0.161 e. The Labute approximate surface area is 113 Å². The summed E-state index contributed by atoms with van der Waals surface area (Å²) in [5, 5.41) is -0.488. The van der Waals surface area contributed by atoms with Gasteiger partial charge in [-0.15, -0.1) is 11.6 Å². The molecule has 3 nitrogen and oxygen atoms in total. The van der Waals surface area contributed by atoms with E-state index in [0.717, 1.165) is 12.0 Å². The summed E-state index contributed by atoms with van der Waals surface area (Å²) < 4.78 is 10.8.